The molecule has 2 aromatic rings. The maximum Gasteiger partial charge on any atom is 0.213 e. The van der Waals surface area contributed by atoms with Gasteiger partial charge in [-0.15, -0.1) is 0 Å². The van der Waals surface area contributed by atoms with E-state index in [9.17, 15) is 0 Å². The van der Waals surface area contributed by atoms with Gasteiger partial charge in [-0.2, -0.15) is 5.10 Å². The zero-order valence-corrected chi connectivity index (χ0v) is 7.75. The zero-order chi connectivity index (χ0) is 9.26. The summed E-state index contributed by atoms with van der Waals surface area (Å²) in [6, 6.07) is 0.00968. The molecule has 0 amide bonds. The fourth-order valence-corrected chi connectivity index (χ4v) is 1.17. The van der Waals surface area contributed by atoms with Gasteiger partial charge in [-0.25, -0.2) is 14.6 Å². The van der Waals surface area contributed by atoms with Crippen LogP contribution in [0.2, 0.25) is 0 Å². The van der Waals surface area contributed by atoms with Gasteiger partial charge < -0.3 is 0 Å². The number of aromatic nitrogens is 6. The molecule has 13 heavy (non-hydrogen) atoms. The smallest absolute Gasteiger partial charge is 0.213 e. The molecule has 0 spiro atoms. The lowest BCUT2D eigenvalue weighted by Gasteiger charge is -2.06. The van der Waals surface area contributed by atoms with Crippen LogP contribution in [0.1, 0.15) is 18.8 Å². The monoisotopic (exact) mass is 196 g/mol. The summed E-state index contributed by atoms with van der Waals surface area (Å²) in [4.78, 5) is 7.93. The number of nitrogens with zero attached hydrogens (tertiary/aromatic N) is 4. The number of hydrogen-bond acceptors (Lipinski definition) is 4. The molecule has 0 aromatic carbocycles. The van der Waals surface area contributed by atoms with Crippen LogP contribution in [0.4, 0.5) is 0 Å². The summed E-state index contributed by atoms with van der Waals surface area (Å²) >= 11 is 4.84. The van der Waals surface area contributed by atoms with Crippen LogP contribution in [0, 0.1) is 4.77 Å². The Morgan fingerprint density at radius 2 is 2.38 bits per heavy atom. The van der Waals surface area contributed by atoms with Gasteiger partial charge in [-0.1, -0.05) is 0 Å². The maximum atomic E-state index is 4.84. The van der Waals surface area contributed by atoms with Crippen LogP contribution < -0.4 is 0 Å². The predicted octanol–water partition coefficient (Wildman–Crippen LogP) is 0.668. The van der Waals surface area contributed by atoms with E-state index in [4.69, 9.17) is 12.2 Å². The minimum atomic E-state index is 0.00968. The number of nitrogens with one attached hydrogen (secondary N) is 2. The molecule has 0 bridgehead atoms. The highest BCUT2D eigenvalue weighted by atomic mass is 32.1. The number of H-pyrrole nitrogens is 2. The fourth-order valence-electron chi connectivity index (χ4n) is 1.02. The molecule has 1 atom stereocenters. The molecule has 0 aliphatic rings. The third-order valence-corrected chi connectivity index (χ3v) is 1.94. The van der Waals surface area contributed by atoms with Crippen molar-refractivity contribution in [2.24, 2.45) is 0 Å². The molecule has 1 unspecified atom stereocenters. The fraction of sp³-hybridized carbons (Fsp3) is 0.333. The van der Waals surface area contributed by atoms with Crippen molar-refractivity contribution in [1.29, 1.82) is 0 Å². The summed E-state index contributed by atoms with van der Waals surface area (Å²) in [5.41, 5.74) is 0. The van der Waals surface area contributed by atoms with Crippen molar-refractivity contribution in [3.63, 3.8) is 0 Å². The number of hydrogen-bond donors (Lipinski definition) is 2. The molecule has 0 saturated heterocycles. The molecule has 6 nitrogen and oxygen atoms in total. The van der Waals surface area contributed by atoms with E-state index in [0.29, 0.717) is 4.77 Å². The molecular weight excluding hydrogens is 188 g/mol. The molecular formula is C6H8N6S. The Hall–Kier alpha value is -1.50. The van der Waals surface area contributed by atoms with E-state index < -0.39 is 0 Å². The molecule has 0 saturated carbocycles. The van der Waals surface area contributed by atoms with Crippen LogP contribution in [0.5, 0.6) is 0 Å². The van der Waals surface area contributed by atoms with Gasteiger partial charge in [-0.3, -0.25) is 10.2 Å². The average Bonchev–Trinajstić information content (AvgIpc) is 2.72. The quantitative estimate of drug-likeness (QED) is 0.692. The topological polar surface area (TPSA) is 75.2 Å². The number of rotatable bonds is 2. The lowest BCUT2D eigenvalue weighted by molar-refractivity contribution is 0.536. The van der Waals surface area contributed by atoms with Gasteiger partial charge in [0.1, 0.15) is 24.5 Å². The summed E-state index contributed by atoms with van der Waals surface area (Å²) in [5, 5.41) is 9.59. The van der Waals surface area contributed by atoms with E-state index in [2.05, 4.69) is 25.3 Å². The minimum absolute atomic E-state index is 0.00968. The van der Waals surface area contributed by atoms with Crippen molar-refractivity contribution >= 4 is 12.2 Å². The van der Waals surface area contributed by atoms with Gasteiger partial charge in [-0.05, 0) is 19.1 Å². The first-order valence-corrected chi connectivity index (χ1v) is 4.17. The van der Waals surface area contributed by atoms with Crippen molar-refractivity contribution in [2.75, 3.05) is 0 Å². The van der Waals surface area contributed by atoms with Gasteiger partial charge in [0.2, 0.25) is 4.77 Å². The van der Waals surface area contributed by atoms with E-state index in [1.807, 2.05) is 6.92 Å². The van der Waals surface area contributed by atoms with Gasteiger partial charge in [0.25, 0.3) is 0 Å². The van der Waals surface area contributed by atoms with E-state index in [-0.39, 0.29) is 6.04 Å². The Kier molecular flexibility index (Phi) is 1.93. The van der Waals surface area contributed by atoms with Crippen molar-refractivity contribution in [3.8, 4) is 0 Å². The molecule has 2 N–H and O–H groups in total. The first kappa shape index (κ1) is 8.11. The zero-order valence-electron chi connectivity index (χ0n) is 6.93. The highest BCUT2D eigenvalue weighted by molar-refractivity contribution is 7.71. The van der Waals surface area contributed by atoms with Crippen LogP contribution in [-0.4, -0.2) is 29.9 Å². The van der Waals surface area contributed by atoms with Gasteiger partial charge >= 0.3 is 0 Å². The standard InChI is InChI=1S/C6H8N6S/c1-4(12-3-7-2-8-12)5-9-6(13)11-10-5/h2-4H,1H3,(H2,9,10,11,13). The second kappa shape index (κ2) is 3.09. The molecule has 0 radical (unpaired) electrons. The molecule has 2 aromatic heterocycles. The third-order valence-electron chi connectivity index (χ3n) is 1.75. The second-order valence-corrected chi connectivity index (χ2v) is 2.99. The van der Waals surface area contributed by atoms with Crippen LogP contribution in [-0.2, 0) is 0 Å². The van der Waals surface area contributed by atoms with Crippen molar-refractivity contribution in [3.05, 3.63) is 23.3 Å². The Morgan fingerprint density at radius 1 is 1.54 bits per heavy atom. The highest BCUT2D eigenvalue weighted by Crippen LogP contribution is 2.09. The van der Waals surface area contributed by atoms with Crippen LogP contribution >= 0.6 is 12.2 Å². The largest absolute Gasteiger partial charge is 0.284 e. The minimum Gasteiger partial charge on any atom is -0.284 e. The Balaban J connectivity index is 2.33. The summed E-state index contributed by atoms with van der Waals surface area (Å²) in [7, 11) is 0. The molecule has 2 heterocycles. The predicted molar refractivity (Wildman–Crippen MR) is 47.6 cm³/mol. The molecule has 7 heteroatoms. The van der Waals surface area contributed by atoms with Crippen LogP contribution in [0.3, 0.4) is 0 Å². The van der Waals surface area contributed by atoms with E-state index >= 15 is 0 Å². The van der Waals surface area contributed by atoms with Gasteiger partial charge in [0.15, 0.2) is 0 Å². The average molecular weight is 196 g/mol. The molecule has 0 aliphatic carbocycles. The van der Waals surface area contributed by atoms with E-state index in [1.54, 1.807) is 11.0 Å². The van der Waals surface area contributed by atoms with Crippen LogP contribution in [0.25, 0.3) is 0 Å². The van der Waals surface area contributed by atoms with Crippen molar-refractivity contribution < 1.29 is 0 Å². The Bertz CT molecular complexity index is 426. The van der Waals surface area contributed by atoms with E-state index in [0.717, 1.165) is 5.82 Å². The number of aromatic amines is 2. The van der Waals surface area contributed by atoms with Crippen LogP contribution in [0.15, 0.2) is 12.7 Å². The van der Waals surface area contributed by atoms with E-state index in [1.165, 1.54) is 6.33 Å². The van der Waals surface area contributed by atoms with Gasteiger partial charge in [0, 0.05) is 0 Å². The molecule has 0 fully saturated rings. The first-order valence-electron chi connectivity index (χ1n) is 3.76. The first-order chi connectivity index (χ1) is 6.27. The lowest BCUT2D eigenvalue weighted by atomic mass is 10.3. The Labute approximate surface area is 79.0 Å². The summed E-state index contributed by atoms with van der Waals surface area (Å²) in [6.07, 6.45) is 3.12. The SMILES string of the molecule is CC(c1nc(=S)[nH][nH]1)n1cncn1. The lowest BCUT2D eigenvalue weighted by Crippen LogP contribution is -2.08. The third kappa shape index (κ3) is 1.50. The maximum absolute atomic E-state index is 4.84. The summed E-state index contributed by atoms with van der Waals surface area (Å²) in [6.45, 7) is 1.95. The Morgan fingerprint density at radius 3 is 2.92 bits per heavy atom. The summed E-state index contributed by atoms with van der Waals surface area (Å²) < 4.78 is 2.14. The summed E-state index contributed by atoms with van der Waals surface area (Å²) in [5.74, 6) is 0.746. The second-order valence-electron chi connectivity index (χ2n) is 2.60. The molecule has 68 valence electrons. The highest BCUT2D eigenvalue weighted by Gasteiger charge is 2.10. The van der Waals surface area contributed by atoms with Gasteiger partial charge in [0.05, 0.1) is 0 Å². The molecule has 0 aliphatic heterocycles. The van der Waals surface area contributed by atoms with Crippen molar-refractivity contribution in [1.82, 2.24) is 29.9 Å². The normalized spacial score (nSPS) is 13.0. The van der Waals surface area contributed by atoms with Crippen molar-refractivity contribution in [2.45, 2.75) is 13.0 Å². The molecule has 2 rings (SSSR count).